The standard InChI is InChI=1S/C14H22N4O2/c1-4-9(2)5-6-15-14(20)18-7-11-12(8-18)16-10(3)17-13(11)19/h9H,4-8H2,1-3H3,(H,15,20)(H,16,17,19)/t9-/m0/s1. The second kappa shape index (κ2) is 6.07. The molecule has 1 aliphatic rings. The third-order valence-corrected chi connectivity index (χ3v) is 3.81. The lowest BCUT2D eigenvalue weighted by molar-refractivity contribution is 0.197. The Hall–Kier alpha value is -1.85. The van der Waals surface area contributed by atoms with Crippen molar-refractivity contribution in [3.63, 3.8) is 0 Å². The maximum Gasteiger partial charge on any atom is 0.318 e. The lowest BCUT2D eigenvalue weighted by Crippen LogP contribution is -2.37. The van der Waals surface area contributed by atoms with Crippen LogP contribution in [-0.4, -0.2) is 27.4 Å². The highest BCUT2D eigenvalue weighted by atomic mass is 16.2. The van der Waals surface area contributed by atoms with Crippen LogP contribution < -0.4 is 10.9 Å². The number of aryl methyl sites for hydroxylation is 1. The molecule has 6 nitrogen and oxygen atoms in total. The Morgan fingerprint density at radius 1 is 1.50 bits per heavy atom. The predicted octanol–water partition coefficient (Wildman–Crippen LogP) is 1.54. The van der Waals surface area contributed by atoms with E-state index in [1.54, 1.807) is 11.8 Å². The topological polar surface area (TPSA) is 78.1 Å². The van der Waals surface area contributed by atoms with Crippen LogP contribution >= 0.6 is 0 Å². The number of rotatable bonds is 4. The summed E-state index contributed by atoms with van der Waals surface area (Å²) in [7, 11) is 0. The zero-order valence-electron chi connectivity index (χ0n) is 12.3. The zero-order chi connectivity index (χ0) is 14.7. The normalized spacial score (nSPS) is 15.1. The van der Waals surface area contributed by atoms with Gasteiger partial charge in [-0.15, -0.1) is 0 Å². The van der Waals surface area contributed by atoms with Crippen molar-refractivity contribution in [3.05, 3.63) is 27.4 Å². The van der Waals surface area contributed by atoms with Gasteiger partial charge in [0.2, 0.25) is 0 Å². The highest BCUT2D eigenvalue weighted by Crippen LogP contribution is 2.17. The summed E-state index contributed by atoms with van der Waals surface area (Å²) < 4.78 is 0. The molecular weight excluding hydrogens is 256 g/mol. The quantitative estimate of drug-likeness (QED) is 0.877. The molecule has 20 heavy (non-hydrogen) atoms. The van der Waals surface area contributed by atoms with Gasteiger partial charge in [-0.2, -0.15) is 0 Å². The molecule has 2 N–H and O–H groups in total. The molecule has 110 valence electrons. The number of aromatic amines is 1. The molecule has 1 aromatic heterocycles. The number of carbonyl (C=O) groups excluding carboxylic acids is 1. The van der Waals surface area contributed by atoms with Gasteiger partial charge in [0.25, 0.3) is 5.56 Å². The molecule has 0 bridgehead atoms. The van der Waals surface area contributed by atoms with Gasteiger partial charge >= 0.3 is 6.03 Å². The molecule has 6 heteroatoms. The molecule has 0 radical (unpaired) electrons. The molecule has 1 atom stereocenters. The lowest BCUT2D eigenvalue weighted by atomic mass is 10.1. The van der Waals surface area contributed by atoms with Crippen LogP contribution in [0.15, 0.2) is 4.79 Å². The highest BCUT2D eigenvalue weighted by Gasteiger charge is 2.26. The average molecular weight is 278 g/mol. The van der Waals surface area contributed by atoms with Gasteiger partial charge in [0, 0.05) is 6.54 Å². The first-order valence-electron chi connectivity index (χ1n) is 7.12. The van der Waals surface area contributed by atoms with Gasteiger partial charge in [-0.25, -0.2) is 9.78 Å². The van der Waals surface area contributed by atoms with Gasteiger partial charge in [0.15, 0.2) is 0 Å². The predicted molar refractivity (Wildman–Crippen MR) is 76.3 cm³/mol. The van der Waals surface area contributed by atoms with Crippen LogP contribution in [0.5, 0.6) is 0 Å². The summed E-state index contributed by atoms with van der Waals surface area (Å²) in [5.41, 5.74) is 1.18. The fourth-order valence-corrected chi connectivity index (χ4v) is 2.28. The van der Waals surface area contributed by atoms with Gasteiger partial charge in [-0.05, 0) is 19.3 Å². The Kier molecular flexibility index (Phi) is 4.42. The van der Waals surface area contributed by atoms with Gasteiger partial charge in [0.1, 0.15) is 5.82 Å². The van der Waals surface area contributed by atoms with Crippen molar-refractivity contribution < 1.29 is 4.79 Å². The average Bonchev–Trinajstić information content (AvgIpc) is 2.82. The van der Waals surface area contributed by atoms with E-state index in [4.69, 9.17) is 0 Å². The molecule has 0 saturated heterocycles. The smallest absolute Gasteiger partial charge is 0.318 e. The second-order valence-electron chi connectivity index (χ2n) is 5.47. The van der Waals surface area contributed by atoms with Gasteiger partial charge in [0.05, 0.1) is 24.3 Å². The third kappa shape index (κ3) is 3.18. The third-order valence-electron chi connectivity index (χ3n) is 3.81. The summed E-state index contributed by atoms with van der Waals surface area (Å²) in [5.74, 6) is 1.20. The molecule has 2 amide bonds. The number of aromatic nitrogens is 2. The molecular formula is C14H22N4O2. The van der Waals surface area contributed by atoms with Crippen molar-refractivity contribution in [2.45, 2.75) is 46.7 Å². The Balaban J connectivity index is 1.92. The number of nitrogens with zero attached hydrogens (tertiary/aromatic N) is 2. The van der Waals surface area contributed by atoms with E-state index in [0.717, 1.165) is 12.8 Å². The van der Waals surface area contributed by atoms with E-state index >= 15 is 0 Å². The molecule has 2 heterocycles. The van der Waals surface area contributed by atoms with E-state index in [9.17, 15) is 9.59 Å². The van der Waals surface area contributed by atoms with E-state index < -0.39 is 0 Å². The molecule has 1 aliphatic heterocycles. The number of hydrogen-bond acceptors (Lipinski definition) is 3. The number of hydrogen-bond donors (Lipinski definition) is 2. The Morgan fingerprint density at radius 3 is 2.95 bits per heavy atom. The first-order chi connectivity index (χ1) is 9.51. The SMILES string of the molecule is CC[C@H](C)CCNC(=O)N1Cc2nc(C)[nH]c(=O)c2C1. The van der Waals surface area contributed by atoms with E-state index in [2.05, 4.69) is 29.1 Å². The minimum absolute atomic E-state index is 0.122. The summed E-state index contributed by atoms with van der Waals surface area (Å²) >= 11 is 0. The molecule has 0 aromatic carbocycles. The minimum Gasteiger partial charge on any atom is -0.338 e. The van der Waals surface area contributed by atoms with Crippen LogP contribution in [-0.2, 0) is 13.1 Å². The number of H-pyrrole nitrogens is 1. The van der Waals surface area contributed by atoms with Crippen molar-refractivity contribution in [2.75, 3.05) is 6.54 Å². The molecule has 0 saturated carbocycles. The molecule has 0 fully saturated rings. The van der Waals surface area contributed by atoms with Crippen molar-refractivity contribution in [1.82, 2.24) is 20.2 Å². The maximum atomic E-state index is 12.1. The summed E-state index contributed by atoms with van der Waals surface area (Å²) in [4.78, 5) is 32.4. The summed E-state index contributed by atoms with van der Waals surface area (Å²) in [6, 6.07) is -0.122. The Labute approximate surface area is 118 Å². The first kappa shape index (κ1) is 14.6. The van der Waals surface area contributed by atoms with Crippen LogP contribution in [0.3, 0.4) is 0 Å². The summed E-state index contributed by atoms with van der Waals surface area (Å²) in [5, 5.41) is 2.91. The zero-order valence-corrected chi connectivity index (χ0v) is 12.3. The Bertz CT molecular complexity index is 553. The number of carbonyl (C=O) groups is 1. The molecule has 0 aliphatic carbocycles. The number of fused-ring (bicyclic) bond motifs is 1. The van der Waals surface area contributed by atoms with Crippen molar-refractivity contribution >= 4 is 6.03 Å². The minimum atomic E-state index is -0.137. The Morgan fingerprint density at radius 2 is 2.25 bits per heavy atom. The van der Waals surface area contributed by atoms with Crippen LogP contribution in [0.2, 0.25) is 0 Å². The van der Waals surface area contributed by atoms with Crippen molar-refractivity contribution in [1.29, 1.82) is 0 Å². The van der Waals surface area contributed by atoms with Crippen LogP contribution in [0.4, 0.5) is 4.79 Å². The monoisotopic (exact) mass is 278 g/mol. The summed E-state index contributed by atoms with van der Waals surface area (Å²) in [6.45, 7) is 7.48. The van der Waals surface area contributed by atoms with Crippen molar-refractivity contribution in [3.8, 4) is 0 Å². The molecule has 2 rings (SSSR count). The molecule has 1 aromatic rings. The van der Waals surface area contributed by atoms with Gasteiger partial charge in [-0.3, -0.25) is 4.79 Å². The van der Waals surface area contributed by atoms with Crippen LogP contribution in [0.1, 0.15) is 43.8 Å². The van der Waals surface area contributed by atoms with Crippen LogP contribution in [0, 0.1) is 12.8 Å². The molecule has 0 spiro atoms. The fraction of sp³-hybridized carbons (Fsp3) is 0.643. The fourth-order valence-electron chi connectivity index (χ4n) is 2.28. The van der Waals surface area contributed by atoms with Gasteiger partial charge < -0.3 is 15.2 Å². The molecule has 0 unspecified atom stereocenters. The van der Waals surface area contributed by atoms with Crippen LogP contribution in [0.25, 0.3) is 0 Å². The first-order valence-corrected chi connectivity index (χ1v) is 7.12. The lowest BCUT2D eigenvalue weighted by Gasteiger charge is -2.17. The second-order valence-corrected chi connectivity index (χ2v) is 5.47. The van der Waals surface area contributed by atoms with Gasteiger partial charge in [-0.1, -0.05) is 20.3 Å². The highest BCUT2D eigenvalue weighted by molar-refractivity contribution is 5.74. The van der Waals surface area contributed by atoms with Crippen molar-refractivity contribution in [2.24, 2.45) is 5.92 Å². The van der Waals surface area contributed by atoms with E-state index in [-0.39, 0.29) is 11.6 Å². The number of nitrogens with one attached hydrogen (secondary N) is 2. The van der Waals surface area contributed by atoms with E-state index in [1.165, 1.54) is 0 Å². The number of amides is 2. The number of urea groups is 1. The summed E-state index contributed by atoms with van der Waals surface area (Å²) in [6.07, 6.45) is 2.09. The van der Waals surface area contributed by atoms with E-state index in [1.807, 2.05) is 0 Å². The maximum absolute atomic E-state index is 12.1. The van der Waals surface area contributed by atoms with E-state index in [0.29, 0.717) is 42.6 Å². The largest absolute Gasteiger partial charge is 0.338 e.